The van der Waals surface area contributed by atoms with Crippen molar-refractivity contribution in [3.05, 3.63) is 24.3 Å². The van der Waals surface area contributed by atoms with Gasteiger partial charge in [-0.25, -0.2) is 0 Å². The largest absolute Gasteiger partial charge is 0.494 e. The van der Waals surface area contributed by atoms with Gasteiger partial charge in [-0.1, -0.05) is 19.8 Å². The van der Waals surface area contributed by atoms with E-state index < -0.39 is 0 Å². The van der Waals surface area contributed by atoms with E-state index in [1.54, 1.807) is 24.3 Å². The first-order valence-corrected chi connectivity index (χ1v) is 8.97. The van der Waals surface area contributed by atoms with E-state index in [4.69, 9.17) is 9.47 Å². The maximum Gasteiger partial charge on any atom is 0.246 e. The van der Waals surface area contributed by atoms with Gasteiger partial charge in [-0.3, -0.25) is 9.59 Å². The Morgan fingerprint density at radius 1 is 1.16 bits per heavy atom. The van der Waals surface area contributed by atoms with Crippen LogP contribution in [0.5, 0.6) is 5.75 Å². The molecule has 2 atom stereocenters. The molecule has 0 bridgehead atoms. The predicted molar refractivity (Wildman–Crippen MR) is 96.6 cm³/mol. The molecule has 25 heavy (non-hydrogen) atoms. The normalized spacial score (nSPS) is 19.9. The average Bonchev–Trinajstić information content (AvgIpc) is 2.60. The second-order valence-corrected chi connectivity index (χ2v) is 6.49. The molecular formula is C19H28N2O4. The van der Waals surface area contributed by atoms with Crippen LogP contribution in [0.4, 0.5) is 5.69 Å². The van der Waals surface area contributed by atoms with Gasteiger partial charge in [0, 0.05) is 5.69 Å². The van der Waals surface area contributed by atoms with E-state index in [1.807, 2.05) is 6.92 Å². The van der Waals surface area contributed by atoms with Crippen LogP contribution in [0.2, 0.25) is 0 Å². The summed E-state index contributed by atoms with van der Waals surface area (Å²) in [5, 5.41) is 5.31. The monoisotopic (exact) mass is 348 g/mol. The van der Waals surface area contributed by atoms with Gasteiger partial charge in [0.2, 0.25) is 11.8 Å². The van der Waals surface area contributed by atoms with Crippen LogP contribution in [-0.2, 0) is 14.3 Å². The van der Waals surface area contributed by atoms with Gasteiger partial charge in [0.15, 0.2) is 0 Å². The van der Waals surface area contributed by atoms with Crippen molar-refractivity contribution in [1.29, 1.82) is 0 Å². The molecule has 1 fully saturated rings. The Morgan fingerprint density at radius 3 is 2.60 bits per heavy atom. The summed E-state index contributed by atoms with van der Waals surface area (Å²) >= 11 is 0. The lowest BCUT2D eigenvalue weighted by Gasteiger charge is -2.26. The number of amides is 2. The summed E-state index contributed by atoms with van der Waals surface area (Å²) in [6.07, 6.45) is 4.56. The maximum atomic E-state index is 11.9. The molecule has 1 aromatic carbocycles. The van der Waals surface area contributed by atoms with E-state index in [9.17, 15) is 9.59 Å². The second-order valence-electron chi connectivity index (χ2n) is 6.49. The van der Waals surface area contributed by atoms with Crippen molar-refractivity contribution in [2.24, 2.45) is 5.92 Å². The first-order valence-electron chi connectivity index (χ1n) is 8.97. The number of carbonyl (C=O) groups excluding carboxylic acids is 2. The van der Waals surface area contributed by atoms with Crippen LogP contribution in [0, 0.1) is 5.92 Å². The molecule has 2 amide bonds. The van der Waals surface area contributed by atoms with Crippen LogP contribution in [-0.4, -0.2) is 37.7 Å². The number of ether oxygens (including phenoxy) is 2. The smallest absolute Gasteiger partial charge is 0.246 e. The third-order valence-corrected chi connectivity index (χ3v) is 4.23. The topological polar surface area (TPSA) is 76.7 Å². The minimum Gasteiger partial charge on any atom is -0.494 e. The van der Waals surface area contributed by atoms with Crippen LogP contribution in [0.3, 0.4) is 0 Å². The zero-order valence-electron chi connectivity index (χ0n) is 15.0. The lowest BCUT2D eigenvalue weighted by atomic mass is 9.89. The van der Waals surface area contributed by atoms with Crippen LogP contribution in [0.1, 0.15) is 39.5 Å². The van der Waals surface area contributed by atoms with E-state index in [0.717, 1.165) is 25.0 Å². The average molecular weight is 348 g/mol. The fourth-order valence-electron chi connectivity index (χ4n) is 2.96. The zero-order valence-corrected chi connectivity index (χ0v) is 15.0. The van der Waals surface area contributed by atoms with Gasteiger partial charge in [0.05, 0.1) is 19.3 Å². The van der Waals surface area contributed by atoms with Gasteiger partial charge in [-0.15, -0.1) is 0 Å². The van der Waals surface area contributed by atoms with Gasteiger partial charge in [-0.05, 0) is 49.9 Å². The van der Waals surface area contributed by atoms with Crippen molar-refractivity contribution < 1.29 is 19.1 Å². The molecule has 1 saturated carbocycles. The highest BCUT2D eigenvalue weighted by atomic mass is 16.5. The SMILES string of the molecule is CCOc1ccc(NC(=O)CNC(=O)COC2CCCC(C)C2)cc1. The number of benzene rings is 1. The summed E-state index contributed by atoms with van der Waals surface area (Å²) in [5.74, 6) is 0.869. The molecule has 2 unspecified atom stereocenters. The van der Waals surface area contributed by atoms with E-state index in [0.29, 0.717) is 18.2 Å². The number of hydrogen-bond acceptors (Lipinski definition) is 4. The lowest BCUT2D eigenvalue weighted by Crippen LogP contribution is -2.36. The second kappa shape index (κ2) is 10.0. The summed E-state index contributed by atoms with van der Waals surface area (Å²) in [4.78, 5) is 23.7. The van der Waals surface area contributed by atoms with Gasteiger partial charge in [0.25, 0.3) is 0 Å². The van der Waals surface area contributed by atoms with Crippen molar-refractivity contribution in [1.82, 2.24) is 5.32 Å². The van der Waals surface area contributed by atoms with Crippen molar-refractivity contribution in [2.45, 2.75) is 45.6 Å². The molecule has 6 nitrogen and oxygen atoms in total. The molecule has 0 spiro atoms. The molecule has 0 radical (unpaired) electrons. The van der Waals surface area contributed by atoms with Crippen molar-refractivity contribution >= 4 is 17.5 Å². The molecule has 1 aromatic rings. The molecule has 0 aromatic heterocycles. The van der Waals surface area contributed by atoms with Crippen LogP contribution in [0.15, 0.2) is 24.3 Å². The number of hydrogen-bond donors (Lipinski definition) is 2. The Balaban J connectivity index is 1.64. The molecular weight excluding hydrogens is 320 g/mol. The van der Waals surface area contributed by atoms with Crippen LogP contribution in [0.25, 0.3) is 0 Å². The van der Waals surface area contributed by atoms with Gasteiger partial charge < -0.3 is 20.1 Å². The summed E-state index contributed by atoms with van der Waals surface area (Å²) in [7, 11) is 0. The Kier molecular flexibility index (Phi) is 7.73. The zero-order chi connectivity index (χ0) is 18.1. The Hall–Kier alpha value is -2.08. The van der Waals surface area contributed by atoms with Gasteiger partial charge in [0.1, 0.15) is 12.4 Å². The molecule has 6 heteroatoms. The lowest BCUT2D eigenvalue weighted by molar-refractivity contribution is -0.130. The molecule has 0 aliphatic heterocycles. The van der Waals surface area contributed by atoms with Crippen molar-refractivity contribution in [2.75, 3.05) is 25.1 Å². The van der Waals surface area contributed by atoms with Crippen LogP contribution >= 0.6 is 0 Å². The molecule has 1 aliphatic carbocycles. The van der Waals surface area contributed by atoms with E-state index >= 15 is 0 Å². The quantitative estimate of drug-likeness (QED) is 0.757. The third kappa shape index (κ3) is 7.13. The highest BCUT2D eigenvalue weighted by molar-refractivity contribution is 5.94. The summed E-state index contributed by atoms with van der Waals surface area (Å²) in [6, 6.07) is 7.10. The Morgan fingerprint density at radius 2 is 1.92 bits per heavy atom. The highest BCUT2D eigenvalue weighted by Crippen LogP contribution is 2.25. The fraction of sp³-hybridized carbons (Fsp3) is 0.579. The predicted octanol–water partition coefficient (Wildman–Crippen LogP) is 2.74. The van der Waals surface area contributed by atoms with Gasteiger partial charge in [-0.2, -0.15) is 0 Å². The minimum atomic E-state index is -0.274. The van der Waals surface area contributed by atoms with E-state index in [2.05, 4.69) is 17.6 Å². The highest BCUT2D eigenvalue weighted by Gasteiger charge is 2.20. The third-order valence-electron chi connectivity index (χ3n) is 4.23. The molecule has 2 N–H and O–H groups in total. The van der Waals surface area contributed by atoms with Crippen LogP contribution < -0.4 is 15.4 Å². The molecule has 1 aliphatic rings. The maximum absolute atomic E-state index is 11.9. The molecule has 2 rings (SSSR count). The number of anilines is 1. The standard InChI is InChI=1S/C19H28N2O4/c1-3-24-16-9-7-15(8-10-16)21-18(22)12-20-19(23)13-25-17-6-4-5-14(2)11-17/h7-10,14,17H,3-6,11-13H2,1-2H3,(H,20,23)(H,21,22). The Bertz CT molecular complexity index is 559. The Labute approximate surface area is 149 Å². The van der Waals surface area contributed by atoms with Crippen molar-refractivity contribution in [3.8, 4) is 5.75 Å². The molecule has 0 heterocycles. The number of carbonyl (C=O) groups is 2. The number of rotatable bonds is 8. The first-order chi connectivity index (χ1) is 12.1. The molecule has 0 saturated heterocycles. The van der Waals surface area contributed by atoms with E-state index in [1.165, 1.54) is 6.42 Å². The minimum absolute atomic E-state index is 0.00766. The summed E-state index contributed by atoms with van der Waals surface area (Å²) < 4.78 is 11.0. The molecule has 138 valence electrons. The summed E-state index contributed by atoms with van der Waals surface area (Å²) in [5.41, 5.74) is 0.662. The van der Waals surface area contributed by atoms with Crippen molar-refractivity contribution in [3.63, 3.8) is 0 Å². The number of nitrogens with one attached hydrogen (secondary N) is 2. The summed E-state index contributed by atoms with van der Waals surface area (Å²) in [6.45, 7) is 4.65. The first kappa shape index (κ1) is 19.2. The fourth-order valence-corrected chi connectivity index (χ4v) is 2.96. The van der Waals surface area contributed by atoms with Gasteiger partial charge >= 0.3 is 0 Å². The van der Waals surface area contributed by atoms with E-state index in [-0.39, 0.29) is 31.1 Å².